The first-order chi connectivity index (χ1) is 14.6. The van der Waals surface area contributed by atoms with Gasteiger partial charge in [-0.15, -0.1) is 0 Å². The minimum absolute atomic E-state index is 0.258. The van der Waals surface area contributed by atoms with Crippen molar-refractivity contribution in [1.29, 1.82) is 0 Å². The highest BCUT2D eigenvalue weighted by Crippen LogP contribution is 2.26. The summed E-state index contributed by atoms with van der Waals surface area (Å²) in [6, 6.07) is 16.6. The van der Waals surface area contributed by atoms with E-state index in [0.717, 1.165) is 11.3 Å². The zero-order chi connectivity index (χ0) is 21.3. The van der Waals surface area contributed by atoms with Crippen molar-refractivity contribution >= 4 is 11.9 Å². The molecule has 0 radical (unpaired) electrons. The topological polar surface area (TPSA) is 91.7 Å². The van der Waals surface area contributed by atoms with Gasteiger partial charge in [-0.2, -0.15) is 5.10 Å². The first-order valence-electron chi connectivity index (χ1n) is 9.34. The fourth-order valence-electron chi connectivity index (χ4n) is 2.75. The Morgan fingerprint density at radius 2 is 1.77 bits per heavy atom. The Morgan fingerprint density at radius 1 is 1.03 bits per heavy atom. The molecule has 8 nitrogen and oxygen atoms in total. The summed E-state index contributed by atoms with van der Waals surface area (Å²) in [6.45, 7) is 0.336. The summed E-state index contributed by atoms with van der Waals surface area (Å²) >= 11 is 0. The summed E-state index contributed by atoms with van der Waals surface area (Å²) in [7, 11) is 3.12. The average molecular weight is 409 g/mol. The van der Waals surface area contributed by atoms with Crippen molar-refractivity contribution in [2.45, 2.75) is 0 Å². The number of nitrogens with one attached hydrogen (secondary N) is 1. The molecule has 0 unspecified atom stereocenters. The molecule has 0 saturated heterocycles. The lowest BCUT2D eigenvalue weighted by Crippen LogP contribution is -2.31. The van der Waals surface area contributed by atoms with Gasteiger partial charge in [0.05, 0.1) is 19.4 Å². The second-order valence-corrected chi connectivity index (χ2v) is 6.32. The molecule has 0 saturated carbocycles. The van der Waals surface area contributed by atoms with Crippen LogP contribution < -0.4 is 10.1 Å². The number of methoxy groups -OCH3 is 2. The minimum atomic E-state index is -0.634. The van der Waals surface area contributed by atoms with Crippen LogP contribution in [0.3, 0.4) is 0 Å². The first-order valence-corrected chi connectivity index (χ1v) is 9.34. The molecule has 156 valence electrons. The number of para-hydroxylation sites is 1. The molecule has 0 spiro atoms. The highest BCUT2D eigenvalue weighted by atomic mass is 16.5. The molecule has 3 aromatic rings. The Kier molecular flexibility index (Phi) is 7.18. The maximum absolute atomic E-state index is 12.7. The van der Waals surface area contributed by atoms with Crippen molar-refractivity contribution in [1.82, 2.24) is 15.1 Å². The molecule has 0 fully saturated rings. The van der Waals surface area contributed by atoms with E-state index in [1.165, 1.54) is 7.11 Å². The van der Waals surface area contributed by atoms with Gasteiger partial charge in [-0.1, -0.05) is 18.2 Å². The monoisotopic (exact) mass is 409 g/mol. The third kappa shape index (κ3) is 5.24. The molecule has 1 amide bonds. The standard InChI is InChI=1S/C22H23N3O5/c1-28-13-12-23-20(26)15-30-22(27)19-14-25(17-6-4-3-5-7-17)24-21(19)16-8-10-18(29-2)11-9-16/h3-11,14H,12-13,15H2,1-2H3,(H,23,26). The van der Waals surface area contributed by atoms with Gasteiger partial charge in [0.1, 0.15) is 17.0 Å². The third-order valence-corrected chi connectivity index (χ3v) is 4.28. The van der Waals surface area contributed by atoms with E-state index in [-0.39, 0.29) is 12.2 Å². The van der Waals surface area contributed by atoms with Crippen molar-refractivity contribution < 1.29 is 23.8 Å². The number of aromatic nitrogens is 2. The number of benzene rings is 2. The van der Waals surface area contributed by atoms with Crippen LogP contribution in [0.4, 0.5) is 0 Å². The van der Waals surface area contributed by atoms with Crippen LogP contribution in [0.1, 0.15) is 10.4 Å². The molecule has 0 aliphatic carbocycles. The number of rotatable bonds is 9. The van der Waals surface area contributed by atoms with Gasteiger partial charge in [-0.05, 0) is 36.4 Å². The van der Waals surface area contributed by atoms with E-state index in [2.05, 4.69) is 10.4 Å². The van der Waals surface area contributed by atoms with Crippen LogP contribution in [0.15, 0.2) is 60.8 Å². The summed E-state index contributed by atoms with van der Waals surface area (Å²) in [4.78, 5) is 24.6. The van der Waals surface area contributed by atoms with E-state index in [1.54, 1.807) is 30.1 Å². The van der Waals surface area contributed by atoms with Gasteiger partial charge in [0.2, 0.25) is 0 Å². The van der Waals surface area contributed by atoms with E-state index in [1.807, 2.05) is 42.5 Å². The number of amides is 1. The molecular weight excluding hydrogens is 386 g/mol. The van der Waals surface area contributed by atoms with Gasteiger partial charge < -0.3 is 19.5 Å². The quantitative estimate of drug-likeness (QED) is 0.431. The number of hydrogen-bond acceptors (Lipinski definition) is 6. The average Bonchev–Trinajstić information content (AvgIpc) is 3.24. The van der Waals surface area contributed by atoms with Crippen molar-refractivity contribution in [2.75, 3.05) is 34.0 Å². The van der Waals surface area contributed by atoms with Gasteiger partial charge in [0.25, 0.3) is 5.91 Å². The number of carbonyl (C=O) groups excluding carboxylic acids is 2. The Bertz CT molecular complexity index is 984. The van der Waals surface area contributed by atoms with E-state index in [4.69, 9.17) is 14.2 Å². The molecule has 2 aromatic carbocycles. The maximum Gasteiger partial charge on any atom is 0.342 e. The fourth-order valence-corrected chi connectivity index (χ4v) is 2.75. The number of carbonyl (C=O) groups is 2. The number of esters is 1. The third-order valence-electron chi connectivity index (χ3n) is 4.28. The Labute approximate surface area is 174 Å². The fraction of sp³-hybridized carbons (Fsp3) is 0.227. The molecular formula is C22H23N3O5. The van der Waals surface area contributed by atoms with Crippen molar-refractivity contribution in [3.05, 3.63) is 66.4 Å². The van der Waals surface area contributed by atoms with Gasteiger partial charge in [-0.25, -0.2) is 9.48 Å². The van der Waals surface area contributed by atoms with Gasteiger partial charge in [-0.3, -0.25) is 4.79 Å². The number of hydrogen-bond donors (Lipinski definition) is 1. The highest BCUT2D eigenvalue weighted by molar-refractivity contribution is 5.97. The largest absolute Gasteiger partial charge is 0.497 e. The molecule has 3 rings (SSSR count). The van der Waals surface area contributed by atoms with Crippen LogP contribution in [-0.4, -0.2) is 55.6 Å². The van der Waals surface area contributed by atoms with E-state index in [9.17, 15) is 9.59 Å². The predicted molar refractivity (Wildman–Crippen MR) is 111 cm³/mol. The lowest BCUT2D eigenvalue weighted by Gasteiger charge is -2.06. The zero-order valence-corrected chi connectivity index (χ0v) is 16.8. The Morgan fingerprint density at radius 3 is 2.43 bits per heavy atom. The minimum Gasteiger partial charge on any atom is -0.497 e. The Hall–Kier alpha value is -3.65. The smallest absolute Gasteiger partial charge is 0.342 e. The molecule has 0 aliphatic rings. The van der Waals surface area contributed by atoms with E-state index >= 15 is 0 Å². The van der Waals surface area contributed by atoms with Crippen molar-refractivity contribution in [3.8, 4) is 22.7 Å². The number of ether oxygens (including phenoxy) is 3. The first kappa shape index (κ1) is 21.1. The zero-order valence-electron chi connectivity index (χ0n) is 16.8. The summed E-state index contributed by atoms with van der Waals surface area (Å²) in [5.74, 6) is -0.343. The van der Waals surface area contributed by atoms with Gasteiger partial charge >= 0.3 is 5.97 Å². The van der Waals surface area contributed by atoms with Crippen LogP contribution in [-0.2, 0) is 14.3 Å². The van der Waals surface area contributed by atoms with Gasteiger partial charge in [0.15, 0.2) is 6.61 Å². The highest BCUT2D eigenvalue weighted by Gasteiger charge is 2.21. The normalized spacial score (nSPS) is 10.5. The molecule has 0 atom stereocenters. The van der Waals surface area contributed by atoms with E-state index < -0.39 is 11.9 Å². The van der Waals surface area contributed by atoms with Crippen LogP contribution in [0, 0.1) is 0 Å². The molecule has 0 aliphatic heterocycles. The molecule has 8 heteroatoms. The van der Waals surface area contributed by atoms with Crippen LogP contribution in [0.5, 0.6) is 5.75 Å². The van der Waals surface area contributed by atoms with E-state index in [0.29, 0.717) is 24.6 Å². The lowest BCUT2D eigenvalue weighted by atomic mass is 10.1. The van der Waals surface area contributed by atoms with Crippen LogP contribution in [0.2, 0.25) is 0 Å². The summed E-state index contributed by atoms with van der Waals surface area (Å²) in [5, 5.41) is 7.18. The molecule has 30 heavy (non-hydrogen) atoms. The second-order valence-electron chi connectivity index (χ2n) is 6.32. The summed E-state index contributed by atoms with van der Waals surface area (Å²) in [5.41, 5.74) is 2.23. The predicted octanol–water partition coefficient (Wildman–Crippen LogP) is 2.47. The van der Waals surface area contributed by atoms with Crippen molar-refractivity contribution in [3.63, 3.8) is 0 Å². The molecule has 1 N–H and O–H groups in total. The van der Waals surface area contributed by atoms with Crippen molar-refractivity contribution in [2.24, 2.45) is 0 Å². The summed E-state index contributed by atoms with van der Waals surface area (Å²) < 4.78 is 16.9. The maximum atomic E-state index is 12.7. The molecule has 1 aromatic heterocycles. The SMILES string of the molecule is COCCNC(=O)COC(=O)c1cn(-c2ccccc2)nc1-c1ccc(OC)cc1. The second kappa shape index (κ2) is 10.2. The number of nitrogens with zero attached hydrogens (tertiary/aromatic N) is 2. The summed E-state index contributed by atoms with van der Waals surface area (Å²) in [6.07, 6.45) is 1.60. The molecule has 0 bridgehead atoms. The van der Waals surface area contributed by atoms with Crippen LogP contribution in [0.25, 0.3) is 16.9 Å². The lowest BCUT2D eigenvalue weighted by molar-refractivity contribution is -0.124. The Balaban J connectivity index is 1.84. The molecule has 1 heterocycles. The van der Waals surface area contributed by atoms with Crippen LogP contribution >= 0.6 is 0 Å². The van der Waals surface area contributed by atoms with Gasteiger partial charge in [0, 0.05) is 25.4 Å².